The topological polar surface area (TPSA) is 32.3 Å². The Balaban J connectivity index is 2.13. The van der Waals surface area contributed by atoms with Crippen LogP contribution in [0.3, 0.4) is 0 Å². The van der Waals surface area contributed by atoms with Crippen LogP contribution in [0.1, 0.15) is 52.4 Å². The molecule has 0 aromatic carbocycles. The number of hydrogen-bond donors (Lipinski definition) is 1. The van der Waals surface area contributed by atoms with Gasteiger partial charge in [0.15, 0.2) is 0 Å². The molecule has 0 bridgehead atoms. The molecular formula is C13H26N2O. The number of nitrogens with one attached hydrogen (secondary N) is 1. The van der Waals surface area contributed by atoms with Crippen LogP contribution >= 0.6 is 0 Å². The highest BCUT2D eigenvalue weighted by Crippen LogP contribution is 2.10. The summed E-state index contributed by atoms with van der Waals surface area (Å²) in [6.07, 6.45) is 6.46. The maximum Gasteiger partial charge on any atom is 0.220 e. The Labute approximate surface area is 99.6 Å². The Hall–Kier alpha value is -0.570. The lowest BCUT2D eigenvalue weighted by molar-refractivity contribution is -0.121. The molecule has 1 rings (SSSR count). The molecule has 1 amide bonds. The van der Waals surface area contributed by atoms with E-state index < -0.39 is 0 Å². The predicted molar refractivity (Wildman–Crippen MR) is 67.4 cm³/mol. The van der Waals surface area contributed by atoms with E-state index in [2.05, 4.69) is 24.1 Å². The maximum absolute atomic E-state index is 11.5. The minimum Gasteiger partial charge on any atom is -0.352 e. The molecule has 1 aliphatic heterocycles. The van der Waals surface area contributed by atoms with Crippen molar-refractivity contribution in [1.82, 2.24) is 10.2 Å². The van der Waals surface area contributed by atoms with Crippen LogP contribution in [0, 0.1) is 0 Å². The Bertz CT molecular complexity index is 206. The second-order valence-corrected chi connectivity index (χ2v) is 4.81. The molecule has 1 fully saturated rings. The van der Waals surface area contributed by atoms with Gasteiger partial charge in [-0.1, -0.05) is 26.7 Å². The molecule has 0 saturated carbocycles. The molecule has 1 aliphatic rings. The third-order valence-corrected chi connectivity index (χ3v) is 3.22. The molecule has 16 heavy (non-hydrogen) atoms. The van der Waals surface area contributed by atoms with Crippen LogP contribution in [-0.2, 0) is 4.79 Å². The first kappa shape index (κ1) is 13.5. The van der Waals surface area contributed by atoms with Crippen molar-refractivity contribution in [2.75, 3.05) is 19.6 Å². The second kappa shape index (κ2) is 7.66. The molecule has 1 heterocycles. The monoisotopic (exact) mass is 226 g/mol. The van der Waals surface area contributed by atoms with Gasteiger partial charge >= 0.3 is 0 Å². The summed E-state index contributed by atoms with van der Waals surface area (Å²) in [5, 5.41) is 3.14. The highest BCUT2D eigenvalue weighted by molar-refractivity contribution is 5.76. The number of carbonyl (C=O) groups is 1. The zero-order valence-corrected chi connectivity index (χ0v) is 10.8. The summed E-state index contributed by atoms with van der Waals surface area (Å²) in [7, 11) is 0. The zero-order chi connectivity index (χ0) is 11.8. The van der Waals surface area contributed by atoms with Crippen LogP contribution in [0.25, 0.3) is 0 Å². The van der Waals surface area contributed by atoms with Crippen LogP contribution in [-0.4, -0.2) is 36.5 Å². The fraction of sp³-hybridized carbons (Fsp3) is 0.923. The van der Waals surface area contributed by atoms with E-state index >= 15 is 0 Å². The molecule has 1 atom stereocenters. The highest BCUT2D eigenvalue weighted by Gasteiger charge is 2.22. The van der Waals surface area contributed by atoms with Gasteiger partial charge in [-0.3, -0.25) is 4.79 Å². The third kappa shape index (κ3) is 4.97. The fourth-order valence-electron chi connectivity index (χ4n) is 2.17. The molecular weight excluding hydrogens is 200 g/mol. The zero-order valence-electron chi connectivity index (χ0n) is 10.8. The van der Waals surface area contributed by atoms with Crippen LogP contribution in [0.5, 0.6) is 0 Å². The van der Waals surface area contributed by atoms with Gasteiger partial charge in [-0.15, -0.1) is 0 Å². The summed E-state index contributed by atoms with van der Waals surface area (Å²) in [4.78, 5) is 14.0. The number of hydrogen-bond acceptors (Lipinski definition) is 2. The normalized spacial score (nSPS) is 21.2. The Morgan fingerprint density at radius 2 is 2.06 bits per heavy atom. The number of carbonyl (C=O) groups excluding carboxylic acids is 1. The van der Waals surface area contributed by atoms with E-state index in [-0.39, 0.29) is 5.91 Å². The van der Waals surface area contributed by atoms with Crippen molar-refractivity contribution in [1.29, 1.82) is 0 Å². The van der Waals surface area contributed by atoms with E-state index in [1.54, 1.807) is 0 Å². The van der Waals surface area contributed by atoms with Gasteiger partial charge in [0.25, 0.3) is 0 Å². The van der Waals surface area contributed by atoms with E-state index in [1.807, 2.05) is 0 Å². The lowest BCUT2D eigenvalue weighted by Crippen LogP contribution is -2.37. The van der Waals surface area contributed by atoms with E-state index in [0.717, 1.165) is 32.4 Å². The minimum atomic E-state index is 0.240. The average Bonchev–Trinajstić information content (AvgIpc) is 2.71. The number of likely N-dealkylation sites (tertiary alicyclic amines) is 1. The third-order valence-electron chi connectivity index (χ3n) is 3.22. The Kier molecular flexibility index (Phi) is 6.46. The molecule has 0 aromatic heterocycles. The number of nitrogens with zero attached hydrogens (tertiary/aromatic N) is 1. The number of rotatable bonds is 7. The molecule has 1 unspecified atom stereocenters. The smallest absolute Gasteiger partial charge is 0.220 e. The summed E-state index contributed by atoms with van der Waals surface area (Å²) in [6, 6.07) is 0.404. The molecule has 3 nitrogen and oxygen atoms in total. The fourth-order valence-corrected chi connectivity index (χ4v) is 2.17. The van der Waals surface area contributed by atoms with E-state index in [1.165, 1.54) is 19.4 Å². The maximum atomic E-state index is 11.5. The molecule has 0 aromatic rings. The van der Waals surface area contributed by atoms with Crippen molar-refractivity contribution in [2.45, 2.75) is 58.4 Å². The van der Waals surface area contributed by atoms with Crippen molar-refractivity contribution in [3.8, 4) is 0 Å². The summed E-state index contributed by atoms with van der Waals surface area (Å²) in [5.41, 5.74) is 0. The van der Waals surface area contributed by atoms with Crippen molar-refractivity contribution >= 4 is 5.91 Å². The Morgan fingerprint density at radius 3 is 2.75 bits per heavy atom. The van der Waals surface area contributed by atoms with Gasteiger partial charge in [0.05, 0.1) is 0 Å². The van der Waals surface area contributed by atoms with Gasteiger partial charge in [-0.05, 0) is 25.8 Å². The van der Waals surface area contributed by atoms with Crippen LogP contribution in [0.15, 0.2) is 0 Å². The quantitative estimate of drug-likeness (QED) is 0.721. The standard InChI is InChI=1S/C13H26N2O/c1-3-5-7-13(16)14-12-8-10-15(11-12)9-6-4-2/h12H,3-11H2,1-2H3,(H,14,16). The minimum absolute atomic E-state index is 0.240. The number of unbranched alkanes of at least 4 members (excludes halogenated alkanes) is 2. The first-order chi connectivity index (χ1) is 7.76. The summed E-state index contributed by atoms with van der Waals surface area (Å²) in [5.74, 6) is 0.240. The highest BCUT2D eigenvalue weighted by atomic mass is 16.1. The SMILES string of the molecule is CCCCC(=O)NC1CCN(CCCC)C1. The molecule has 94 valence electrons. The molecule has 1 N–H and O–H groups in total. The molecule has 0 spiro atoms. The molecule has 3 heteroatoms. The lowest BCUT2D eigenvalue weighted by Gasteiger charge is -2.16. The first-order valence-corrected chi connectivity index (χ1v) is 6.78. The molecule has 0 aliphatic carbocycles. The summed E-state index contributed by atoms with van der Waals surface area (Å²) in [6.45, 7) is 7.74. The van der Waals surface area contributed by atoms with Crippen LogP contribution in [0.2, 0.25) is 0 Å². The van der Waals surface area contributed by atoms with Gasteiger partial charge in [0.1, 0.15) is 0 Å². The summed E-state index contributed by atoms with van der Waals surface area (Å²) >= 11 is 0. The summed E-state index contributed by atoms with van der Waals surface area (Å²) < 4.78 is 0. The van der Waals surface area contributed by atoms with E-state index in [4.69, 9.17) is 0 Å². The van der Waals surface area contributed by atoms with Gasteiger partial charge < -0.3 is 10.2 Å². The van der Waals surface area contributed by atoms with Gasteiger partial charge in [-0.25, -0.2) is 0 Å². The van der Waals surface area contributed by atoms with E-state index in [0.29, 0.717) is 12.5 Å². The Morgan fingerprint density at radius 1 is 1.31 bits per heavy atom. The van der Waals surface area contributed by atoms with Crippen LogP contribution in [0.4, 0.5) is 0 Å². The van der Waals surface area contributed by atoms with Crippen molar-refractivity contribution in [3.05, 3.63) is 0 Å². The predicted octanol–water partition coefficient (Wildman–Crippen LogP) is 2.17. The molecule has 1 saturated heterocycles. The van der Waals surface area contributed by atoms with Gasteiger partial charge in [0, 0.05) is 25.6 Å². The second-order valence-electron chi connectivity index (χ2n) is 4.81. The van der Waals surface area contributed by atoms with E-state index in [9.17, 15) is 4.79 Å². The van der Waals surface area contributed by atoms with Gasteiger partial charge in [-0.2, -0.15) is 0 Å². The van der Waals surface area contributed by atoms with Crippen molar-refractivity contribution in [3.63, 3.8) is 0 Å². The molecule has 0 radical (unpaired) electrons. The van der Waals surface area contributed by atoms with Crippen LogP contribution < -0.4 is 5.32 Å². The number of amides is 1. The van der Waals surface area contributed by atoms with Crippen molar-refractivity contribution < 1.29 is 4.79 Å². The average molecular weight is 226 g/mol. The van der Waals surface area contributed by atoms with Crippen molar-refractivity contribution in [2.24, 2.45) is 0 Å². The largest absolute Gasteiger partial charge is 0.352 e. The lowest BCUT2D eigenvalue weighted by atomic mass is 10.2. The van der Waals surface area contributed by atoms with Gasteiger partial charge in [0.2, 0.25) is 5.91 Å². The first-order valence-electron chi connectivity index (χ1n) is 6.78.